The molecular formula is C20H15N5O2. The Labute approximate surface area is 154 Å². The second-order valence-electron chi connectivity index (χ2n) is 6.42. The number of rotatable bonds is 2. The Kier molecular flexibility index (Phi) is 3.39. The lowest BCUT2D eigenvalue weighted by Gasteiger charge is -2.16. The lowest BCUT2D eigenvalue weighted by Crippen LogP contribution is -2.35. The highest BCUT2D eigenvalue weighted by Gasteiger charge is 2.21. The van der Waals surface area contributed by atoms with Gasteiger partial charge < -0.3 is 15.2 Å². The van der Waals surface area contributed by atoms with Crippen LogP contribution in [0, 0.1) is 0 Å². The van der Waals surface area contributed by atoms with Gasteiger partial charge in [-0.25, -0.2) is 4.98 Å². The number of hydrogen-bond donors (Lipinski definition) is 2. The van der Waals surface area contributed by atoms with Gasteiger partial charge in [0.25, 0.3) is 11.8 Å². The fraction of sp³-hybridized carbons (Fsp3) is 0.100. The summed E-state index contributed by atoms with van der Waals surface area (Å²) in [6.45, 7) is 1.19. The Morgan fingerprint density at radius 2 is 2.00 bits per heavy atom. The summed E-state index contributed by atoms with van der Waals surface area (Å²) < 4.78 is 1.85. The average Bonchev–Trinajstić information content (AvgIpc) is 3.07. The number of para-hydroxylation sites is 1. The first-order chi connectivity index (χ1) is 13.2. The molecule has 2 N–H and O–H groups in total. The van der Waals surface area contributed by atoms with Crippen molar-refractivity contribution >= 4 is 39.4 Å². The Bertz CT molecular complexity index is 1230. The second-order valence-corrected chi connectivity index (χ2v) is 6.42. The number of benzene rings is 1. The van der Waals surface area contributed by atoms with E-state index in [1.54, 1.807) is 18.3 Å². The molecule has 0 saturated heterocycles. The van der Waals surface area contributed by atoms with E-state index in [9.17, 15) is 9.59 Å². The summed E-state index contributed by atoms with van der Waals surface area (Å²) in [5, 5.41) is 7.44. The van der Waals surface area contributed by atoms with Crippen molar-refractivity contribution < 1.29 is 9.59 Å². The number of carbonyl (C=O) groups excluding carboxylic acids is 2. The molecule has 0 fully saturated rings. The van der Waals surface area contributed by atoms with Gasteiger partial charge in [-0.1, -0.05) is 18.2 Å². The number of carbonyl (C=O) groups is 2. The molecular weight excluding hydrogens is 342 g/mol. The van der Waals surface area contributed by atoms with Crippen LogP contribution >= 0.6 is 0 Å². The normalized spacial score (nSPS) is 13.4. The number of fused-ring (bicyclic) bond motifs is 4. The van der Waals surface area contributed by atoms with Crippen molar-refractivity contribution in [2.24, 2.45) is 0 Å². The third kappa shape index (κ3) is 2.60. The summed E-state index contributed by atoms with van der Waals surface area (Å²) in [5.41, 5.74) is 2.98. The number of nitrogens with one attached hydrogen (secondary N) is 2. The van der Waals surface area contributed by atoms with Gasteiger partial charge in [-0.2, -0.15) is 0 Å². The van der Waals surface area contributed by atoms with Gasteiger partial charge >= 0.3 is 0 Å². The van der Waals surface area contributed by atoms with Crippen molar-refractivity contribution in [3.05, 3.63) is 66.1 Å². The first-order valence-corrected chi connectivity index (χ1v) is 8.64. The van der Waals surface area contributed by atoms with Gasteiger partial charge in [-0.3, -0.25) is 14.6 Å². The largest absolute Gasteiger partial charge is 0.349 e. The lowest BCUT2D eigenvalue weighted by molar-refractivity contribution is 0.0928. The lowest BCUT2D eigenvalue weighted by atomic mass is 10.2. The molecule has 0 unspecified atom stereocenters. The number of nitrogens with zero attached hydrogens (tertiary/aromatic N) is 3. The van der Waals surface area contributed by atoms with Gasteiger partial charge in [0.15, 0.2) is 0 Å². The monoisotopic (exact) mass is 357 g/mol. The summed E-state index contributed by atoms with van der Waals surface area (Å²) in [6.07, 6.45) is 1.63. The highest BCUT2D eigenvalue weighted by molar-refractivity contribution is 6.05. The highest BCUT2D eigenvalue weighted by Crippen LogP contribution is 2.21. The zero-order chi connectivity index (χ0) is 18.4. The van der Waals surface area contributed by atoms with Crippen molar-refractivity contribution in [1.82, 2.24) is 19.9 Å². The molecule has 27 heavy (non-hydrogen) atoms. The zero-order valence-electron chi connectivity index (χ0n) is 14.3. The van der Waals surface area contributed by atoms with Crippen LogP contribution in [0.2, 0.25) is 0 Å². The van der Waals surface area contributed by atoms with Gasteiger partial charge in [0.2, 0.25) is 0 Å². The summed E-state index contributed by atoms with van der Waals surface area (Å²) in [4.78, 5) is 33.5. The van der Waals surface area contributed by atoms with Gasteiger partial charge in [0.05, 0.1) is 17.4 Å². The van der Waals surface area contributed by atoms with Crippen LogP contribution in [-0.2, 0) is 6.54 Å². The van der Waals surface area contributed by atoms with E-state index in [4.69, 9.17) is 0 Å². The van der Waals surface area contributed by atoms with Gasteiger partial charge in [-0.15, -0.1) is 0 Å². The van der Waals surface area contributed by atoms with E-state index in [2.05, 4.69) is 20.6 Å². The minimum atomic E-state index is -0.315. The fourth-order valence-electron chi connectivity index (χ4n) is 3.37. The summed E-state index contributed by atoms with van der Waals surface area (Å²) >= 11 is 0. The Morgan fingerprint density at radius 1 is 1.11 bits per heavy atom. The molecule has 4 aromatic rings. The molecule has 0 atom stereocenters. The van der Waals surface area contributed by atoms with Gasteiger partial charge in [0, 0.05) is 23.9 Å². The molecule has 0 saturated carbocycles. The second kappa shape index (κ2) is 5.91. The van der Waals surface area contributed by atoms with E-state index < -0.39 is 0 Å². The molecule has 7 nitrogen and oxygen atoms in total. The van der Waals surface area contributed by atoms with Crippen molar-refractivity contribution in [2.45, 2.75) is 6.54 Å². The third-order valence-electron chi connectivity index (χ3n) is 4.68. The van der Waals surface area contributed by atoms with E-state index in [-0.39, 0.29) is 11.8 Å². The van der Waals surface area contributed by atoms with E-state index in [0.29, 0.717) is 35.8 Å². The van der Waals surface area contributed by atoms with Crippen molar-refractivity contribution in [3.8, 4) is 0 Å². The molecule has 0 spiro atoms. The van der Waals surface area contributed by atoms with E-state index in [1.165, 1.54) is 0 Å². The predicted octanol–water partition coefficient (Wildman–Crippen LogP) is 2.58. The zero-order valence-corrected chi connectivity index (χ0v) is 14.3. The smallest absolute Gasteiger partial charge is 0.274 e. The summed E-state index contributed by atoms with van der Waals surface area (Å²) in [7, 11) is 0. The van der Waals surface area contributed by atoms with Crippen LogP contribution in [0.3, 0.4) is 0 Å². The molecule has 0 radical (unpaired) electrons. The molecule has 132 valence electrons. The summed E-state index contributed by atoms with van der Waals surface area (Å²) in [5.74, 6) is -0.433. The average molecular weight is 357 g/mol. The molecule has 1 aromatic carbocycles. The van der Waals surface area contributed by atoms with E-state index >= 15 is 0 Å². The highest BCUT2D eigenvalue weighted by atomic mass is 16.2. The number of aromatic nitrogens is 3. The molecule has 1 aliphatic rings. The van der Waals surface area contributed by atoms with E-state index in [1.807, 2.05) is 41.0 Å². The van der Waals surface area contributed by atoms with Gasteiger partial charge in [-0.05, 0) is 30.3 Å². The number of hydrogen-bond acceptors (Lipinski definition) is 4. The standard InChI is InChI=1S/C20H15N5O2/c26-19(23-14-9-12-3-1-2-4-15(12)22-11-14)16-6-5-13-10-17-20(27)21-7-8-25(17)18(13)24-16/h1-6,9-11H,7-8H2,(H,21,27)(H,23,26). The molecule has 7 heteroatoms. The number of anilines is 1. The van der Waals surface area contributed by atoms with Gasteiger partial charge in [0.1, 0.15) is 17.0 Å². The van der Waals surface area contributed by atoms with Crippen LogP contribution in [0.25, 0.3) is 21.9 Å². The van der Waals surface area contributed by atoms with Crippen LogP contribution in [-0.4, -0.2) is 32.9 Å². The van der Waals surface area contributed by atoms with Crippen molar-refractivity contribution in [1.29, 1.82) is 0 Å². The molecule has 5 rings (SSSR count). The summed E-state index contributed by atoms with van der Waals surface area (Å²) in [6, 6.07) is 14.9. The third-order valence-corrected chi connectivity index (χ3v) is 4.68. The molecule has 0 aliphatic carbocycles. The molecule has 1 aliphatic heterocycles. The van der Waals surface area contributed by atoms with Crippen LogP contribution in [0.1, 0.15) is 21.0 Å². The first-order valence-electron chi connectivity index (χ1n) is 8.64. The SMILES string of the molecule is O=C(Nc1cnc2ccccc2c1)c1ccc2cc3n(c2n1)CCNC3=O. The minimum absolute atomic E-state index is 0.118. The quantitative estimate of drug-likeness (QED) is 0.577. The van der Waals surface area contributed by atoms with Crippen molar-refractivity contribution in [3.63, 3.8) is 0 Å². The number of pyridine rings is 2. The molecule has 2 amide bonds. The maximum atomic E-state index is 12.7. The fourth-order valence-corrected chi connectivity index (χ4v) is 3.37. The molecule has 0 bridgehead atoms. The van der Waals surface area contributed by atoms with Crippen LogP contribution in [0.5, 0.6) is 0 Å². The Hall–Kier alpha value is -3.74. The maximum Gasteiger partial charge on any atom is 0.274 e. The number of amides is 2. The maximum absolute atomic E-state index is 12.7. The van der Waals surface area contributed by atoms with Crippen LogP contribution in [0.15, 0.2) is 54.7 Å². The van der Waals surface area contributed by atoms with Crippen molar-refractivity contribution in [2.75, 3.05) is 11.9 Å². The van der Waals surface area contributed by atoms with Crippen LogP contribution in [0.4, 0.5) is 5.69 Å². The topological polar surface area (TPSA) is 88.9 Å². The first kappa shape index (κ1) is 15.5. The Morgan fingerprint density at radius 3 is 2.93 bits per heavy atom. The van der Waals surface area contributed by atoms with Crippen LogP contribution < -0.4 is 10.6 Å². The minimum Gasteiger partial charge on any atom is -0.349 e. The predicted molar refractivity (Wildman–Crippen MR) is 102 cm³/mol. The molecule has 4 heterocycles. The Balaban J connectivity index is 1.48. The molecule has 3 aromatic heterocycles. The van der Waals surface area contributed by atoms with E-state index in [0.717, 1.165) is 16.3 Å².